The van der Waals surface area contributed by atoms with Gasteiger partial charge in [0.1, 0.15) is 10.9 Å². The van der Waals surface area contributed by atoms with Gasteiger partial charge in [-0.05, 0) is 24.1 Å². The van der Waals surface area contributed by atoms with Crippen molar-refractivity contribution in [2.75, 3.05) is 14.1 Å². The molecule has 1 N–H and O–H groups in total. The van der Waals surface area contributed by atoms with Gasteiger partial charge in [-0.1, -0.05) is 59.6 Å². The number of carbonyl (C=O) groups excluding carboxylic acids is 1. The molecule has 2 aromatic rings. The van der Waals surface area contributed by atoms with Crippen LogP contribution in [0.15, 0.2) is 53.4 Å². The number of carbonyl (C=O) groups is 1. The van der Waals surface area contributed by atoms with Gasteiger partial charge >= 0.3 is 0 Å². The zero-order valence-corrected chi connectivity index (χ0v) is 16.1. The van der Waals surface area contributed by atoms with Gasteiger partial charge in [-0.25, -0.2) is 8.42 Å². The third-order valence-corrected chi connectivity index (χ3v) is 5.93. The van der Waals surface area contributed by atoms with E-state index in [1.165, 1.54) is 17.0 Å². The van der Waals surface area contributed by atoms with Gasteiger partial charge in [0.25, 0.3) is 0 Å². The van der Waals surface area contributed by atoms with Crippen molar-refractivity contribution < 1.29 is 13.2 Å². The molecule has 25 heavy (non-hydrogen) atoms. The fourth-order valence-electron chi connectivity index (χ4n) is 2.33. The fraction of sp³-hybridized carbons (Fsp3) is 0.235. The largest absolute Gasteiger partial charge is 0.347 e. The standard InChI is InChI=1S/C17H18Cl2N2O3S/c1-21(2)17(22)15(11-12-7-4-3-5-8-12)20-25(23,24)16-13(18)9-6-10-14(16)19/h3-10,15,20H,11H2,1-2H3. The van der Waals surface area contributed by atoms with Crippen molar-refractivity contribution in [3.8, 4) is 0 Å². The smallest absolute Gasteiger partial charge is 0.244 e. The monoisotopic (exact) mass is 400 g/mol. The van der Waals surface area contributed by atoms with E-state index in [0.29, 0.717) is 0 Å². The lowest BCUT2D eigenvalue weighted by Gasteiger charge is -2.22. The maximum absolute atomic E-state index is 12.8. The van der Waals surface area contributed by atoms with Crippen LogP contribution in [-0.2, 0) is 21.2 Å². The number of rotatable bonds is 6. The third kappa shape index (κ3) is 4.95. The van der Waals surface area contributed by atoms with E-state index < -0.39 is 16.1 Å². The average molecular weight is 401 g/mol. The van der Waals surface area contributed by atoms with Gasteiger partial charge in [-0.15, -0.1) is 0 Å². The fourth-order valence-corrected chi connectivity index (χ4v) is 4.66. The van der Waals surface area contributed by atoms with E-state index in [0.717, 1.165) is 5.56 Å². The molecule has 2 rings (SSSR count). The highest BCUT2D eigenvalue weighted by Gasteiger charge is 2.29. The van der Waals surface area contributed by atoms with Crippen LogP contribution < -0.4 is 4.72 Å². The summed E-state index contributed by atoms with van der Waals surface area (Å²) in [5.74, 6) is -0.365. The Labute approximate surface area is 157 Å². The van der Waals surface area contributed by atoms with Crippen LogP contribution in [0.1, 0.15) is 5.56 Å². The SMILES string of the molecule is CN(C)C(=O)C(Cc1ccccc1)NS(=O)(=O)c1c(Cl)cccc1Cl. The molecule has 0 saturated heterocycles. The van der Waals surface area contributed by atoms with Gasteiger partial charge in [0.15, 0.2) is 0 Å². The number of likely N-dealkylation sites (N-methyl/N-ethyl adjacent to an activating group) is 1. The number of sulfonamides is 1. The molecule has 1 amide bonds. The predicted molar refractivity (Wildman–Crippen MR) is 99.4 cm³/mol. The molecule has 0 fully saturated rings. The van der Waals surface area contributed by atoms with Crippen LogP contribution in [0, 0.1) is 0 Å². The molecule has 0 aliphatic rings. The highest BCUT2D eigenvalue weighted by molar-refractivity contribution is 7.89. The second-order valence-electron chi connectivity index (χ2n) is 5.65. The number of amides is 1. The molecule has 0 aromatic heterocycles. The number of halogens is 2. The summed E-state index contributed by atoms with van der Waals surface area (Å²) in [6.07, 6.45) is 0.207. The molecular weight excluding hydrogens is 383 g/mol. The summed E-state index contributed by atoms with van der Waals surface area (Å²) in [6.45, 7) is 0. The average Bonchev–Trinajstić information content (AvgIpc) is 2.53. The second kappa shape index (κ2) is 8.19. The summed E-state index contributed by atoms with van der Waals surface area (Å²) in [6, 6.07) is 12.6. The van der Waals surface area contributed by atoms with Gasteiger partial charge in [0.2, 0.25) is 15.9 Å². The zero-order chi connectivity index (χ0) is 18.6. The van der Waals surface area contributed by atoms with Crippen molar-refractivity contribution in [3.05, 3.63) is 64.1 Å². The van der Waals surface area contributed by atoms with Crippen LogP contribution in [0.2, 0.25) is 10.0 Å². The molecule has 0 saturated carbocycles. The van der Waals surface area contributed by atoms with E-state index in [2.05, 4.69) is 4.72 Å². The van der Waals surface area contributed by atoms with E-state index in [1.54, 1.807) is 20.2 Å². The molecule has 1 unspecified atom stereocenters. The molecule has 0 aliphatic carbocycles. The predicted octanol–water partition coefficient (Wildman–Crippen LogP) is 2.97. The molecule has 5 nitrogen and oxygen atoms in total. The summed E-state index contributed by atoms with van der Waals surface area (Å²) in [7, 11) is -0.948. The van der Waals surface area contributed by atoms with Gasteiger partial charge in [-0.2, -0.15) is 4.72 Å². The Balaban J connectivity index is 2.37. The van der Waals surface area contributed by atoms with Crippen LogP contribution in [0.3, 0.4) is 0 Å². The van der Waals surface area contributed by atoms with Gasteiger partial charge in [0, 0.05) is 14.1 Å². The summed E-state index contributed by atoms with van der Waals surface area (Å²) in [4.78, 5) is 13.6. The highest BCUT2D eigenvalue weighted by Crippen LogP contribution is 2.29. The van der Waals surface area contributed by atoms with Crippen LogP contribution in [0.5, 0.6) is 0 Å². The first-order valence-electron chi connectivity index (χ1n) is 7.44. The van der Waals surface area contributed by atoms with Gasteiger partial charge in [0.05, 0.1) is 10.0 Å². The molecule has 0 spiro atoms. The third-order valence-electron chi connectivity index (χ3n) is 3.51. The normalized spacial score (nSPS) is 12.6. The molecule has 0 heterocycles. The van der Waals surface area contributed by atoms with Crippen LogP contribution in [0.25, 0.3) is 0 Å². The lowest BCUT2D eigenvalue weighted by molar-refractivity contribution is -0.130. The van der Waals surface area contributed by atoms with E-state index >= 15 is 0 Å². The second-order valence-corrected chi connectivity index (χ2v) is 8.11. The molecule has 1 atom stereocenters. The van der Waals surface area contributed by atoms with E-state index in [-0.39, 0.29) is 27.3 Å². The van der Waals surface area contributed by atoms with Gasteiger partial charge in [-0.3, -0.25) is 4.79 Å². The lowest BCUT2D eigenvalue weighted by Crippen LogP contribution is -2.47. The van der Waals surface area contributed by atoms with E-state index in [1.807, 2.05) is 30.3 Å². The van der Waals surface area contributed by atoms with Crippen molar-refractivity contribution in [1.82, 2.24) is 9.62 Å². The quantitative estimate of drug-likeness (QED) is 0.810. The molecule has 2 aromatic carbocycles. The molecular formula is C17H18Cl2N2O3S. The first-order valence-corrected chi connectivity index (χ1v) is 9.67. The summed E-state index contributed by atoms with van der Waals surface area (Å²) in [5, 5.41) is -0.00785. The molecule has 134 valence electrons. The summed E-state index contributed by atoms with van der Waals surface area (Å²) < 4.78 is 27.9. The van der Waals surface area contributed by atoms with Crippen molar-refractivity contribution in [2.24, 2.45) is 0 Å². The van der Waals surface area contributed by atoms with Gasteiger partial charge < -0.3 is 4.90 Å². The van der Waals surface area contributed by atoms with Crippen molar-refractivity contribution >= 4 is 39.1 Å². The minimum atomic E-state index is -4.08. The summed E-state index contributed by atoms with van der Waals surface area (Å²) in [5.41, 5.74) is 0.829. The number of benzene rings is 2. The summed E-state index contributed by atoms with van der Waals surface area (Å²) >= 11 is 12.0. The first-order chi connectivity index (χ1) is 11.7. The van der Waals surface area contributed by atoms with Crippen molar-refractivity contribution in [1.29, 1.82) is 0 Å². The first kappa shape index (κ1) is 19.7. The topological polar surface area (TPSA) is 66.5 Å². The number of hydrogen-bond acceptors (Lipinski definition) is 3. The molecule has 0 bridgehead atoms. The van der Waals surface area contributed by atoms with Crippen molar-refractivity contribution in [2.45, 2.75) is 17.4 Å². The Kier molecular flexibility index (Phi) is 6.46. The van der Waals surface area contributed by atoms with Crippen molar-refractivity contribution in [3.63, 3.8) is 0 Å². The Morgan fingerprint density at radius 3 is 2.12 bits per heavy atom. The zero-order valence-electron chi connectivity index (χ0n) is 13.7. The maximum atomic E-state index is 12.8. The number of hydrogen-bond donors (Lipinski definition) is 1. The molecule has 0 aliphatic heterocycles. The van der Waals surface area contributed by atoms with Crippen LogP contribution in [0.4, 0.5) is 0 Å². The number of nitrogens with one attached hydrogen (secondary N) is 1. The maximum Gasteiger partial charge on any atom is 0.244 e. The van der Waals surface area contributed by atoms with E-state index in [9.17, 15) is 13.2 Å². The Hall–Kier alpha value is -1.60. The highest BCUT2D eigenvalue weighted by atomic mass is 35.5. The Morgan fingerprint density at radius 2 is 1.60 bits per heavy atom. The van der Waals surface area contributed by atoms with Crippen LogP contribution >= 0.6 is 23.2 Å². The number of nitrogens with zero attached hydrogens (tertiary/aromatic N) is 1. The molecule has 8 heteroatoms. The van der Waals surface area contributed by atoms with E-state index in [4.69, 9.17) is 23.2 Å². The van der Waals surface area contributed by atoms with Crippen LogP contribution in [-0.4, -0.2) is 39.4 Å². The Morgan fingerprint density at radius 1 is 1.04 bits per heavy atom. The molecule has 0 radical (unpaired) electrons. The lowest BCUT2D eigenvalue weighted by atomic mass is 10.1. The minimum Gasteiger partial charge on any atom is -0.347 e. The Bertz CT molecular complexity index is 835. The minimum absolute atomic E-state index is 0.00392.